The van der Waals surface area contributed by atoms with Gasteiger partial charge in [0.2, 0.25) is 5.91 Å². The van der Waals surface area contributed by atoms with Crippen LogP contribution in [0.3, 0.4) is 0 Å². The van der Waals surface area contributed by atoms with Gasteiger partial charge in [-0.3, -0.25) is 9.59 Å². The molecule has 0 bridgehead atoms. The number of ether oxygens (including phenoxy) is 1. The van der Waals surface area contributed by atoms with E-state index in [1.165, 1.54) is 0 Å². The highest BCUT2D eigenvalue weighted by molar-refractivity contribution is 6.04. The highest BCUT2D eigenvalue weighted by Crippen LogP contribution is 2.19. The molecule has 0 aromatic heterocycles. The van der Waals surface area contributed by atoms with E-state index in [9.17, 15) is 9.59 Å². The number of anilines is 1. The van der Waals surface area contributed by atoms with E-state index in [0.717, 1.165) is 24.2 Å². The van der Waals surface area contributed by atoms with Crippen molar-refractivity contribution in [3.8, 4) is 5.75 Å². The Morgan fingerprint density at radius 3 is 2.37 bits per heavy atom. The summed E-state index contributed by atoms with van der Waals surface area (Å²) in [5.74, 6) is 0.589. The summed E-state index contributed by atoms with van der Waals surface area (Å²) in [4.78, 5) is 26.0. The van der Waals surface area contributed by atoms with Gasteiger partial charge in [0.05, 0.1) is 6.61 Å². The summed E-state index contributed by atoms with van der Waals surface area (Å²) >= 11 is 0. The Hall–Kier alpha value is -2.82. The first-order valence-corrected chi connectivity index (χ1v) is 9.42. The largest absolute Gasteiger partial charge is 0.494 e. The zero-order valence-corrected chi connectivity index (χ0v) is 16.3. The molecule has 0 radical (unpaired) electrons. The van der Waals surface area contributed by atoms with Gasteiger partial charge in [0.15, 0.2) is 0 Å². The fourth-order valence-electron chi connectivity index (χ4n) is 2.66. The predicted octanol–water partition coefficient (Wildman–Crippen LogP) is 4.49. The normalized spacial score (nSPS) is 10.3. The van der Waals surface area contributed by atoms with Crippen molar-refractivity contribution in [2.45, 2.75) is 40.2 Å². The quantitative estimate of drug-likeness (QED) is 0.664. The molecule has 0 saturated carbocycles. The molecule has 0 saturated heterocycles. The fraction of sp³-hybridized carbons (Fsp3) is 0.364. The number of carbonyl (C=O) groups excluding carboxylic acids is 2. The summed E-state index contributed by atoms with van der Waals surface area (Å²) in [5.41, 5.74) is 2.18. The Morgan fingerprint density at radius 2 is 1.74 bits per heavy atom. The molecule has 0 heterocycles. The minimum Gasteiger partial charge on any atom is -0.494 e. The zero-order chi connectivity index (χ0) is 19.6. The Kier molecular flexibility index (Phi) is 7.86. The van der Waals surface area contributed by atoms with Gasteiger partial charge in [-0.05, 0) is 49.2 Å². The molecule has 5 nitrogen and oxygen atoms in total. The van der Waals surface area contributed by atoms with Crippen LogP contribution < -0.4 is 10.1 Å². The number of benzene rings is 2. The number of hydrogen-bond acceptors (Lipinski definition) is 3. The number of amides is 2. The minimum atomic E-state index is -0.187. The van der Waals surface area contributed by atoms with Crippen LogP contribution in [0.5, 0.6) is 5.75 Å². The van der Waals surface area contributed by atoms with Crippen LogP contribution in [0, 0.1) is 0 Å². The standard InChI is InChI=1S/C22H28N2O3/c1-4-6-15-27-20-13-11-18(12-14-20)22(26)23-21-10-8-7-9-19(21)16-24(5-2)17(3)25/h7-14H,4-6,15-16H2,1-3H3,(H,23,26). The lowest BCUT2D eigenvalue weighted by Crippen LogP contribution is -2.28. The average molecular weight is 368 g/mol. The molecule has 0 unspecified atom stereocenters. The number of para-hydroxylation sites is 1. The van der Waals surface area contributed by atoms with E-state index in [2.05, 4.69) is 12.2 Å². The van der Waals surface area contributed by atoms with E-state index in [-0.39, 0.29) is 11.8 Å². The molecule has 27 heavy (non-hydrogen) atoms. The molecule has 144 valence electrons. The smallest absolute Gasteiger partial charge is 0.255 e. The molecular formula is C22H28N2O3. The van der Waals surface area contributed by atoms with Gasteiger partial charge in [-0.25, -0.2) is 0 Å². The number of nitrogens with zero attached hydrogens (tertiary/aromatic N) is 1. The molecule has 0 atom stereocenters. The first-order valence-electron chi connectivity index (χ1n) is 9.42. The molecular weight excluding hydrogens is 340 g/mol. The molecule has 0 fully saturated rings. The van der Waals surface area contributed by atoms with Crippen molar-refractivity contribution >= 4 is 17.5 Å². The van der Waals surface area contributed by atoms with Crippen molar-refractivity contribution in [1.82, 2.24) is 4.90 Å². The van der Waals surface area contributed by atoms with Crippen LogP contribution in [0.1, 0.15) is 49.5 Å². The predicted molar refractivity (Wildman–Crippen MR) is 108 cm³/mol. The maximum atomic E-state index is 12.6. The van der Waals surface area contributed by atoms with E-state index >= 15 is 0 Å². The van der Waals surface area contributed by atoms with Crippen molar-refractivity contribution in [2.24, 2.45) is 0 Å². The van der Waals surface area contributed by atoms with Gasteiger partial charge in [0.1, 0.15) is 5.75 Å². The van der Waals surface area contributed by atoms with Crippen LogP contribution in [-0.4, -0.2) is 29.9 Å². The third kappa shape index (κ3) is 6.13. The number of nitrogens with one attached hydrogen (secondary N) is 1. The lowest BCUT2D eigenvalue weighted by molar-refractivity contribution is -0.129. The van der Waals surface area contributed by atoms with Gasteiger partial charge in [-0.2, -0.15) is 0 Å². The maximum absolute atomic E-state index is 12.6. The summed E-state index contributed by atoms with van der Waals surface area (Å²) in [6.45, 7) is 7.37. The number of hydrogen-bond donors (Lipinski definition) is 1. The fourth-order valence-corrected chi connectivity index (χ4v) is 2.66. The van der Waals surface area contributed by atoms with Gasteiger partial charge < -0.3 is 15.0 Å². The van der Waals surface area contributed by atoms with Crippen LogP contribution >= 0.6 is 0 Å². The third-order valence-corrected chi connectivity index (χ3v) is 4.34. The van der Waals surface area contributed by atoms with Gasteiger partial charge >= 0.3 is 0 Å². The minimum absolute atomic E-state index is 0.0114. The van der Waals surface area contributed by atoms with Crippen molar-refractivity contribution in [1.29, 1.82) is 0 Å². The van der Waals surface area contributed by atoms with Crippen molar-refractivity contribution in [2.75, 3.05) is 18.5 Å². The summed E-state index contributed by atoms with van der Waals surface area (Å²) in [6, 6.07) is 14.7. The first-order chi connectivity index (χ1) is 13.0. The molecule has 0 aliphatic heterocycles. The number of unbranched alkanes of at least 4 members (excludes halogenated alkanes) is 1. The zero-order valence-electron chi connectivity index (χ0n) is 16.3. The summed E-state index contributed by atoms with van der Waals surface area (Å²) in [7, 11) is 0. The van der Waals surface area contributed by atoms with Crippen molar-refractivity contribution < 1.29 is 14.3 Å². The summed E-state index contributed by atoms with van der Waals surface area (Å²) in [6.07, 6.45) is 2.09. The molecule has 5 heteroatoms. The van der Waals surface area contributed by atoms with Gasteiger partial charge in [0.25, 0.3) is 5.91 Å². The van der Waals surface area contributed by atoms with Crippen LogP contribution in [0.15, 0.2) is 48.5 Å². The number of carbonyl (C=O) groups is 2. The summed E-state index contributed by atoms with van der Waals surface area (Å²) in [5, 5.41) is 2.95. The second kappa shape index (κ2) is 10.4. The molecule has 1 N–H and O–H groups in total. The lowest BCUT2D eigenvalue weighted by atomic mass is 10.1. The van der Waals surface area contributed by atoms with E-state index in [0.29, 0.717) is 30.9 Å². The Labute approximate surface area is 161 Å². The van der Waals surface area contributed by atoms with Crippen LogP contribution in [0.4, 0.5) is 5.69 Å². The molecule has 2 aromatic rings. The van der Waals surface area contributed by atoms with E-state index < -0.39 is 0 Å². The van der Waals surface area contributed by atoms with Gasteiger partial charge in [-0.1, -0.05) is 31.5 Å². The molecule has 0 aliphatic carbocycles. The Bertz CT molecular complexity index is 756. The molecule has 2 amide bonds. The van der Waals surface area contributed by atoms with Crippen molar-refractivity contribution in [3.63, 3.8) is 0 Å². The highest BCUT2D eigenvalue weighted by atomic mass is 16.5. The second-order valence-electron chi connectivity index (χ2n) is 6.37. The molecule has 0 aliphatic rings. The average Bonchev–Trinajstić information content (AvgIpc) is 2.67. The highest BCUT2D eigenvalue weighted by Gasteiger charge is 2.13. The third-order valence-electron chi connectivity index (χ3n) is 4.34. The maximum Gasteiger partial charge on any atom is 0.255 e. The number of rotatable bonds is 9. The lowest BCUT2D eigenvalue weighted by Gasteiger charge is -2.21. The summed E-state index contributed by atoms with van der Waals surface area (Å²) < 4.78 is 5.63. The molecule has 0 spiro atoms. The SMILES string of the molecule is CCCCOc1ccc(C(=O)Nc2ccccc2CN(CC)C(C)=O)cc1. The first kappa shape index (κ1) is 20.5. The van der Waals surface area contributed by atoms with Gasteiger partial charge in [0, 0.05) is 31.3 Å². The van der Waals surface area contributed by atoms with Crippen LogP contribution in [-0.2, 0) is 11.3 Å². The van der Waals surface area contributed by atoms with E-state index in [1.807, 2.05) is 43.3 Å². The molecule has 2 rings (SSSR count). The van der Waals surface area contributed by atoms with Gasteiger partial charge in [-0.15, -0.1) is 0 Å². The molecule has 2 aromatic carbocycles. The van der Waals surface area contributed by atoms with Crippen LogP contribution in [0.2, 0.25) is 0 Å². The van der Waals surface area contributed by atoms with Crippen LogP contribution in [0.25, 0.3) is 0 Å². The van der Waals surface area contributed by atoms with Crippen molar-refractivity contribution in [3.05, 3.63) is 59.7 Å². The monoisotopic (exact) mass is 368 g/mol. The second-order valence-corrected chi connectivity index (χ2v) is 6.37. The Balaban J connectivity index is 2.06. The Morgan fingerprint density at radius 1 is 1.04 bits per heavy atom. The topological polar surface area (TPSA) is 58.6 Å². The van der Waals surface area contributed by atoms with E-state index in [4.69, 9.17) is 4.74 Å². The van der Waals surface area contributed by atoms with E-state index in [1.54, 1.807) is 24.0 Å².